The normalized spacial score (nSPS) is 10.7. The van der Waals surface area contributed by atoms with Crippen LogP contribution in [0.2, 0.25) is 0 Å². The Morgan fingerprint density at radius 1 is 1.33 bits per heavy atom. The number of hydrogen-bond acceptors (Lipinski definition) is 2. The molecule has 0 bridgehead atoms. The molecule has 0 unspecified atom stereocenters. The Hall–Kier alpha value is -1.00. The summed E-state index contributed by atoms with van der Waals surface area (Å²) in [7, 11) is 0. The summed E-state index contributed by atoms with van der Waals surface area (Å²) in [6.45, 7) is 1.17. The molecule has 0 heterocycles. The van der Waals surface area contributed by atoms with Gasteiger partial charge in [0.25, 0.3) is 0 Å². The summed E-state index contributed by atoms with van der Waals surface area (Å²) in [4.78, 5) is 10.6. The molecule has 2 N–H and O–H groups in total. The second-order valence-corrected chi connectivity index (χ2v) is 3.03. The molecular weight excluding hydrogens is 224 g/mol. The van der Waals surface area contributed by atoms with E-state index in [0.29, 0.717) is 6.54 Å². The third-order valence-corrected chi connectivity index (χ3v) is 1.99. The fraction of sp³-hybridized carbons (Fsp3) is 0.300. The molecule has 84 valence electrons. The Bertz CT molecular complexity index is 338. The van der Waals surface area contributed by atoms with Crippen LogP contribution < -0.4 is 5.73 Å². The molecule has 0 saturated carbocycles. The van der Waals surface area contributed by atoms with Crippen LogP contribution in [0.25, 0.3) is 0 Å². The zero-order valence-electron chi connectivity index (χ0n) is 8.17. The van der Waals surface area contributed by atoms with E-state index in [2.05, 4.69) is 0 Å². The van der Waals surface area contributed by atoms with Gasteiger partial charge in [0.15, 0.2) is 0 Å². The summed E-state index contributed by atoms with van der Waals surface area (Å²) in [5, 5.41) is 0. The first-order valence-electron chi connectivity index (χ1n) is 4.17. The molecule has 0 saturated heterocycles. The van der Waals surface area contributed by atoms with Gasteiger partial charge in [-0.05, 0) is 5.56 Å². The number of alkyl halides is 2. The number of halogens is 3. The fourth-order valence-electron chi connectivity index (χ4n) is 1.05. The topological polar surface area (TPSA) is 43.1 Å². The van der Waals surface area contributed by atoms with Gasteiger partial charge in [-0.3, -0.25) is 4.79 Å². The molecule has 0 aliphatic carbocycles. The third-order valence-electron chi connectivity index (χ3n) is 1.99. The number of benzene rings is 1. The van der Waals surface area contributed by atoms with Gasteiger partial charge in [0.1, 0.15) is 0 Å². The van der Waals surface area contributed by atoms with Crippen LogP contribution in [0.5, 0.6) is 0 Å². The zero-order chi connectivity index (χ0) is 10.8. The lowest BCUT2D eigenvalue weighted by Crippen LogP contribution is -2.22. The molecule has 1 aromatic rings. The quantitative estimate of drug-likeness (QED) is 0.873. The van der Waals surface area contributed by atoms with Gasteiger partial charge in [-0.1, -0.05) is 24.3 Å². The highest BCUT2D eigenvalue weighted by molar-refractivity contribution is 5.85. The van der Waals surface area contributed by atoms with Gasteiger partial charge in [0.2, 0.25) is 5.78 Å². The van der Waals surface area contributed by atoms with Crippen LogP contribution in [-0.4, -0.2) is 5.78 Å². The maximum Gasteiger partial charge on any atom is 0.330 e. The first kappa shape index (κ1) is 14.0. The highest BCUT2D eigenvalue weighted by Crippen LogP contribution is 2.28. The maximum absolute atomic E-state index is 13.1. The minimum absolute atomic E-state index is 0. The molecule has 1 rings (SSSR count). The summed E-state index contributed by atoms with van der Waals surface area (Å²) in [5.74, 6) is -4.55. The molecule has 0 aliphatic rings. The summed E-state index contributed by atoms with van der Waals surface area (Å²) < 4.78 is 26.3. The van der Waals surface area contributed by atoms with Crippen LogP contribution in [0.4, 0.5) is 8.78 Å². The van der Waals surface area contributed by atoms with Crippen LogP contribution in [0, 0.1) is 0 Å². The number of ketones is 1. The summed E-state index contributed by atoms with van der Waals surface area (Å²) in [6.07, 6.45) is 0. The number of rotatable bonds is 3. The standard InChI is InChI=1S/C10H11F2NO.ClH/c1-7(14)10(11,12)9-4-2-8(6-13)3-5-9;/h2-5H,6,13H2,1H3;1H. The van der Waals surface area contributed by atoms with Crippen molar-refractivity contribution in [3.8, 4) is 0 Å². The Morgan fingerprint density at radius 3 is 2.13 bits per heavy atom. The minimum atomic E-state index is -3.40. The molecule has 0 aliphatic heterocycles. The van der Waals surface area contributed by atoms with Gasteiger partial charge in [0.05, 0.1) is 0 Å². The van der Waals surface area contributed by atoms with Gasteiger partial charge in [0, 0.05) is 19.0 Å². The van der Waals surface area contributed by atoms with Crippen molar-refractivity contribution in [3.63, 3.8) is 0 Å². The van der Waals surface area contributed by atoms with Crippen molar-refractivity contribution in [1.82, 2.24) is 0 Å². The largest absolute Gasteiger partial charge is 0.330 e. The van der Waals surface area contributed by atoms with E-state index >= 15 is 0 Å². The van der Waals surface area contributed by atoms with E-state index in [9.17, 15) is 13.6 Å². The van der Waals surface area contributed by atoms with Crippen LogP contribution in [0.15, 0.2) is 24.3 Å². The van der Waals surface area contributed by atoms with Crippen LogP contribution in [0.1, 0.15) is 18.1 Å². The van der Waals surface area contributed by atoms with Gasteiger partial charge in [-0.15, -0.1) is 12.4 Å². The number of Topliss-reactive ketones (excluding diaryl/α,β-unsaturated/α-hetero) is 1. The minimum Gasteiger partial charge on any atom is -0.326 e. The van der Waals surface area contributed by atoms with Crippen LogP contribution >= 0.6 is 12.4 Å². The first-order chi connectivity index (χ1) is 6.48. The van der Waals surface area contributed by atoms with Gasteiger partial charge in [-0.2, -0.15) is 8.78 Å². The molecule has 0 fully saturated rings. The fourth-order valence-corrected chi connectivity index (χ4v) is 1.05. The Morgan fingerprint density at radius 2 is 1.80 bits per heavy atom. The summed E-state index contributed by atoms with van der Waals surface area (Å²) in [5.41, 5.74) is 5.78. The van der Waals surface area contributed by atoms with Crippen molar-refractivity contribution in [1.29, 1.82) is 0 Å². The summed E-state index contributed by atoms with van der Waals surface area (Å²) in [6, 6.07) is 5.44. The van der Waals surface area contributed by atoms with Gasteiger partial charge < -0.3 is 5.73 Å². The highest BCUT2D eigenvalue weighted by Gasteiger charge is 2.36. The van der Waals surface area contributed by atoms with Gasteiger partial charge in [-0.25, -0.2) is 0 Å². The molecule has 0 radical (unpaired) electrons. The highest BCUT2D eigenvalue weighted by atomic mass is 35.5. The first-order valence-corrected chi connectivity index (χ1v) is 4.17. The van der Waals surface area contributed by atoms with E-state index < -0.39 is 11.7 Å². The average molecular weight is 236 g/mol. The van der Waals surface area contributed by atoms with Crippen molar-refractivity contribution in [2.24, 2.45) is 5.73 Å². The van der Waals surface area contributed by atoms with E-state index in [-0.39, 0.29) is 18.0 Å². The van der Waals surface area contributed by atoms with Gasteiger partial charge >= 0.3 is 5.92 Å². The lowest BCUT2D eigenvalue weighted by molar-refractivity contribution is -0.141. The Kier molecular flexibility index (Phi) is 4.84. The molecule has 5 heteroatoms. The molecule has 1 aromatic carbocycles. The van der Waals surface area contributed by atoms with E-state index in [1.54, 1.807) is 0 Å². The SMILES string of the molecule is CC(=O)C(F)(F)c1ccc(CN)cc1.Cl. The number of nitrogens with two attached hydrogens (primary N) is 1. The van der Waals surface area contributed by atoms with Crippen LogP contribution in [-0.2, 0) is 17.3 Å². The van der Waals surface area contributed by atoms with Crippen molar-refractivity contribution in [3.05, 3.63) is 35.4 Å². The smallest absolute Gasteiger partial charge is 0.326 e. The predicted molar refractivity (Wildman–Crippen MR) is 56.2 cm³/mol. The molecule has 0 amide bonds. The van der Waals surface area contributed by atoms with Crippen LogP contribution in [0.3, 0.4) is 0 Å². The Balaban J connectivity index is 0.00000196. The third kappa shape index (κ3) is 2.97. The maximum atomic E-state index is 13.1. The predicted octanol–water partition coefficient (Wildman–Crippen LogP) is 2.25. The Labute approximate surface area is 92.9 Å². The average Bonchev–Trinajstić information content (AvgIpc) is 2.17. The number of carbonyl (C=O) groups excluding carboxylic acids is 1. The van der Waals surface area contributed by atoms with E-state index in [0.717, 1.165) is 12.5 Å². The van der Waals surface area contributed by atoms with Crippen molar-refractivity contribution in [2.75, 3.05) is 0 Å². The second kappa shape index (κ2) is 5.19. The van der Waals surface area contributed by atoms with E-state index in [1.165, 1.54) is 24.3 Å². The van der Waals surface area contributed by atoms with Crippen molar-refractivity contribution < 1.29 is 13.6 Å². The summed E-state index contributed by atoms with van der Waals surface area (Å²) >= 11 is 0. The molecular formula is C10H12ClF2NO. The molecule has 0 atom stereocenters. The molecule has 15 heavy (non-hydrogen) atoms. The zero-order valence-corrected chi connectivity index (χ0v) is 8.98. The number of carbonyl (C=O) groups is 1. The molecule has 2 nitrogen and oxygen atoms in total. The monoisotopic (exact) mass is 235 g/mol. The second-order valence-electron chi connectivity index (χ2n) is 3.03. The molecule has 0 aromatic heterocycles. The lowest BCUT2D eigenvalue weighted by Gasteiger charge is -2.12. The lowest BCUT2D eigenvalue weighted by atomic mass is 10.0. The van der Waals surface area contributed by atoms with E-state index in [4.69, 9.17) is 5.73 Å². The molecule has 0 spiro atoms. The number of hydrogen-bond donors (Lipinski definition) is 1. The van der Waals surface area contributed by atoms with Crippen molar-refractivity contribution >= 4 is 18.2 Å². The van der Waals surface area contributed by atoms with Crippen molar-refractivity contribution in [2.45, 2.75) is 19.4 Å². The van der Waals surface area contributed by atoms with E-state index in [1.807, 2.05) is 0 Å².